The van der Waals surface area contributed by atoms with Crippen LogP contribution in [-0.4, -0.2) is 41.1 Å². The van der Waals surface area contributed by atoms with Crippen molar-refractivity contribution < 1.29 is 19.1 Å². The first-order valence-electron chi connectivity index (χ1n) is 7.45. The van der Waals surface area contributed by atoms with Gasteiger partial charge in [-0.1, -0.05) is 0 Å². The Bertz CT molecular complexity index is 493. The van der Waals surface area contributed by atoms with Gasteiger partial charge in [0, 0.05) is 12.7 Å². The van der Waals surface area contributed by atoms with Gasteiger partial charge in [0.1, 0.15) is 0 Å². The lowest BCUT2D eigenvalue weighted by molar-refractivity contribution is -0.156. The predicted octanol–water partition coefficient (Wildman–Crippen LogP) is 2.18. The fourth-order valence-corrected chi connectivity index (χ4v) is 2.67. The second-order valence-corrected chi connectivity index (χ2v) is 6.05. The van der Waals surface area contributed by atoms with Crippen LogP contribution < -0.4 is 0 Å². The van der Waals surface area contributed by atoms with E-state index in [0.717, 1.165) is 13.0 Å². The number of rotatable bonds is 4. The molecule has 0 bridgehead atoms. The molecule has 2 rings (SSSR count). The Morgan fingerprint density at radius 1 is 1.19 bits per heavy atom. The van der Waals surface area contributed by atoms with Crippen LogP contribution in [0.2, 0.25) is 0 Å². The van der Waals surface area contributed by atoms with E-state index >= 15 is 0 Å². The SMILES string of the molecule is CC(C)OC(=O)C1=CN2CCCC2(C(=O)OC(C)C)C=C1. The Labute approximate surface area is 125 Å². The van der Waals surface area contributed by atoms with Gasteiger partial charge in [-0.05, 0) is 52.7 Å². The largest absolute Gasteiger partial charge is 0.461 e. The molecule has 0 spiro atoms. The summed E-state index contributed by atoms with van der Waals surface area (Å²) in [4.78, 5) is 26.3. The highest BCUT2D eigenvalue weighted by Crippen LogP contribution is 2.36. The van der Waals surface area contributed by atoms with Gasteiger partial charge in [0.15, 0.2) is 5.54 Å². The molecule has 1 unspecified atom stereocenters. The van der Waals surface area contributed by atoms with Crippen molar-refractivity contribution in [2.45, 2.75) is 58.3 Å². The fourth-order valence-electron chi connectivity index (χ4n) is 2.67. The Kier molecular flexibility index (Phi) is 4.40. The molecule has 1 fully saturated rings. The molecule has 0 aromatic heterocycles. The molecular weight excluding hydrogens is 270 g/mol. The molecule has 0 amide bonds. The topological polar surface area (TPSA) is 55.8 Å². The smallest absolute Gasteiger partial charge is 0.339 e. The molecule has 5 nitrogen and oxygen atoms in total. The summed E-state index contributed by atoms with van der Waals surface area (Å²) in [5.74, 6) is -0.613. The quantitative estimate of drug-likeness (QED) is 0.744. The summed E-state index contributed by atoms with van der Waals surface area (Å²) in [6, 6.07) is 0. The Morgan fingerprint density at radius 3 is 2.48 bits per heavy atom. The van der Waals surface area contributed by atoms with Crippen LogP contribution in [0.1, 0.15) is 40.5 Å². The summed E-state index contributed by atoms with van der Waals surface area (Å²) in [5.41, 5.74) is -0.287. The van der Waals surface area contributed by atoms with Crippen LogP contribution in [0.5, 0.6) is 0 Å². The summed E-state index contributed by atoms with van der Waals surface area (Å²) in [6.07, 6.45) is 6.45. The first-order valence-corrected chi connectivity index (χ1v) is 7.45. The van der Waals surface area contributed by atoms with E-state index in [1.807, 2.05) is 32.6 Å². The van der Waals surface area contributed by atoms with E-state index in [1.54, 1.807) is 18.4 Å². The Hall–Kier alpha value is -1.78. The van der Waals surface area contributed by atoms with Gasteiger partial charge in [-0.3, -0.25) is 0 Å². The Morgan fingerprint density at radius 2 is 1.86 bits per heavy atom. The van der Waals surface area contributed by atoms with Gasteiger partial charge in [-0.2, -0.15) is 0 Å². The van der Waals surface area contributed by atoms with Crippen LogP contribution in [0.15, 0.2) is 23.9 Å². The van der Waals surface area contributed by atoms with Crippen molar-refractivity contribution in [2.24, 2.45) is 0 Å². The highest BCUT2D eigenvalue weighted by molar-refractivity contribution is 5.94. The van der Waals surface area contributed by atoms with Crippen molar-refractivity contribution in [3.05, 3.63) is 23.9 Å². The third-order valence-corrected chi connectivity index (χ3v) is 3.58. The first-order chi connectivity index (χ1) is 9.85. The van der Waals surface area contributed by atoms with Crippen LogP contribution in [0, 0.1) is 0 Å². The molecule has 1 atom stereocenters. The molecule has 0 aromatic rings. The normalized spacial score (nSPS) is 24.1. The third kappa shape index (κ3) is 3.12. The molecular formula is C16H23NO4. The number of nitrogens with zero attached hydrogens (tertiary/aromatic N) is 1. The highest BCUT2D eigenvalue weighted by atomic mass is 16.5. The second kappa shape index (κ2) is 5.92. The average Bonchev–Trinajstić information content (AvgIpc) is 2.80. The summed E-state index contributed by atoms with van der Waals surface area (Å²) in [7, 11) is 0. The first kappa shape index (κ1) is 15.6. The molecule has 2 aliphatic heterocycles. The minimum atomic E-state index is -0.758. The molecule has 2 heterocycles. The van der Waals surface area contributed by atoms with Crippen molar-refractivity contribution >= 4 is 11.9 Å². The number of carbonyl (C=O) groups excluding carboxylic acids is 2. The van der Waals surface area contributed by atoms with Crippen LogP contribution >= 0.6 is 0 Å². The average molecular weight is 293 g/mol. The number of hydrogen-bond acceptors (Lipinski definition) is 5. The predicted molar refractivity (Wildman–Crippen MR) is 78.4 cm³/mol. The second-order valence-electron chi connectivity index (χ2n) is 6.05. The third-order valence-electron chi connectivity index (χ3n) is 3.58. The molecule has 0 saturated carbocycles. The zero-order valence-electron chi connectivity index (χ0n) is 13.1. The van der Waals surface area contributed by atoms with E-state index in [2.05, 4.69) is 0 Å². The molecule has 0 radical (unpaired) electrons. The molecule has 0 aromatic carbocycles. The number of hydrogen-bond donors (Lipinski definition) is 0. The lowest BCUT2D eigenvalue weighted by Gasteiger charge is -2.36. The molecule has 1 saturated heterocycles. The minimum Gasteiger partial charge on any atom is -0.461 e. The molecule has 0 N–H and O–H groups in total. The molecule has 2 aliphatic rings. The van der Waals surface area contributed by atoms with Gasteiger partial charge in [0.25, 0.3) is 0 Å². The number of ether oxygens (including phenoxy) is 2. The monoisotopic (exact) mass is 293 g/mol. The number of carbonyl (C=O) groups is 2. The van der Waals surface area contributed by atoms with Crippen molar-refractivity contribution in [3.8, 4) is 0 Å². The molecule has 5 heteroatoms. The molecule has 21 heavy (non-hydrogen) atoms. The zero-order chi connectivity index (χ0) is 15.6. The van der Waals surface area contributed by atoms with Gasteiger partial charge in [0.05, 0.1) is 17.8 Å². The van der Waals surface area contributed by atoms with E-state index in [4.69, 9.17) is 9.47 Å². The fraction of sp³-hybridized carbons (Fsp3) is 0.625. The van der Waals surface area contributed by atoms with Gasteiger partial charge in [0.2, 0.25) is 0 Å². The van der Waals surface area contributed by atoms with Crippen molar-refractivity contribution in [1.82, 2.24) is 4.90 Å². The van der Waals surface area contributed by atoms with Crippen LogP contribution in [0.3, 0.4) is 0 Å². The van der Waals surface area contributed by atoms with E-state index in [-0.39, 0.29) is 24.1 Å². The van der Waals surface area contributed by atoms with Gasteiger partial charge in [-0.15, -0.1) is 0 Å². The van der Waals surface area contributed by atoms with Crippen LogP contribution in [0.25, 0.3) is 0 Å². The van der Waals surface area contributed by atoms with Crippen LogP contribution in [0.4, 0.5) is 0 Å². The maximum atomic E-state index is 12.4. The van der Waals surface area contributed by atoms with E-state index < -0.39 is 5.54 Å². The summed E-state index contributed by atoms with van der Waals surface area (Å²) in [5, 5.41) is 0. The van der Waals surface area contributed by atoms with Crippen molar-refractivity contribution in [2.75, 3.05) is 6.54 Å². The minimum absolute atomic E-state index is 0.154. The van der Waals surface area contributed by atoms with Gasteiger partial charge < -0.3 is 14.4 Å². The summed E-state index contributed by atoms with van der Waals surface area (Å²) < 4.78 is 10.6. The molecule has 0 aliphatic carbocycles. The summed E-state index contributed by atoms with van der Waals surface area (Å²) >= 11 is 0. The lowest BCUT2D eigenvalue weighted by atomic mass is 9.92. The Balaban J connectivity index is 2.18. The number of esters is 2. The maximum absolute atomic E-state index is 12.4. The highest BCUT2D eigenvalue weighted by Gasteiger charge is 2.47. The van der Waals surface area contributed by atoms with E-state index in [9.17, 15) is 9.59 Å². The zero-order valence-corrected chi connectivity index (χ0v) is 13.1. The van der Waals surface area contributed by atoms with E-state index in [0.29, 0.717) is 12.0 Å². The maximum Gasteiger partial charge on any atom is 0.339 e. The van der Waals surface area contributed by atoms with Gasteiger partial charge >= 0.3 is 11.9 Å². The number of fused-ring (bicyclic) bond motifs is 1. The van der Waals surface area contributed by atoms with E-state index in [1.165, 1.54) is 0 Å². The van der Waals surface area contributed by atoms with Crippen molar-refractivity contribution in [1.29, 1.82) is 0 Å². The lowest BCUT2D eigenvalue weighted by Crippen LogP contribution is -2.49. The summed E-state index contributed by atoms with van der Waals surface area (Å²) in [6.45, 7) is 8.02. The van der Waals surface area contributed by atoms with Crippen molar-refractivity contribution in [3.63, 3.8) is 0 Å². The standard InChI is InChI=1S/C16H23NO4/c1-11(2)20-14(18)13-6-8-16(15(19)21-12(3)4)7-5-9-17(16)10-13/h6,8,10-12H,5,7,9H2,1-4H3. The molecule has 116 valence electrons. The van der Waals surface area contributed by atoms with Crippen LogP contribution in [-0.2, 0) is 19.1 Å². The van der Waals surface area contributed by atoms with Gasteiger partial charge in [-0.25, -0.2) is 9.59 Å².